The first-order chi connectivity index (χ1) is 16.7. The number of hydrogen-bond acceptors (Lipinski definition) is 5. The Balaban J connectivity index is 1.39. The van der Waals surface area contributed by atoms with Gasteiger partial charge in [0.2, 0.25) is 6.79 Å². The number of rotatable bonds is 12. The lowest BCUT2D eigenvalue weighted by molar-refractivity contribution is 0.173. The van der Waals surface area contributed by atoms with Crippen molar-refractivity contribution in [3.05, 3.63) is 59.4 Å². The minimum Gasteiger partial charge on any atom is -0.492 e. The molecule has 0 bridgehead atoms. The molecule has 2 aromatic carbocycles. The van der Waals surface area contributed by atoms with Crippen LogP contribution in [0.1, 0.15) is 55.6 Å². The van der Waals surface area contributed by atoms with Crippen LogP contribution in [-0.4, -0.2) is 40.2 Å². The van der Waals surface area contributed by atoms with Gasteiger partial charge < -0.3 is 24.3 Å². The van der Waals surface area contributed by atoms with Gasteiger partial charge in [-0.05, 0) is 61.9 Å². The fourth-order valence-electron chi connectivity index (χ4n) is 4.71. The molecule has 6 heteroatoms. The van der Waals surface area contributed by atoms with Gasteiger partial charge in [-0.15, -0.1) is 0 Å². The molecule has 0 amide bonds. The van der Waals surface area contributed by atoms with E-state index < -0.39 is 0 Å². The average molecular weight is 470 g/mol. The molecule has 1 fully saturated rings. The molecule has 4 rings (SSSR count). The van der Waals surface area contributed by atoms with Gasteiger partial charge in [0.1, 0.15) is 11.6 Å². The lowest BCUT2D eigenvalue weighted by atomic mass is 9.81. The van der Waals surface area contributed by atoms with E-state index in [1.807, 2.05) is 24.3 Å². The highest BCUT2D eigenvalue weighted by Gasteiger charge is 2.27. The number of hydrogen-bond donors (Lipinski definition) is 1. The topological polar surface area (TPSA) is 49.0 Å². The van der Waals surface area contributed by atoms with Crippen LogP contribution < -0.4 is 19.5 Å². The number of nitrogens with one attached hydrogen (secondary N) is 1. The molecule has 184 valence electrons. The summed E-state index contributed by atoms with van der Waals surface area (Å²) in [6.45, 7) is 3.49. The fourth-order valence-corrected chi connectivity index (χ4v) is 4.71. The summed E-state index contributed by atoms with van der Waals surface area (Å²) in [6, 6.07) is 10.9. The largest absolute Gasteiger partial charge is 0.492 e. The monoisotopic (exact) mass is 469 g/mol. The zero-order chi connectivity index (χ0) is 23.6. The predicted molar refractivity (Wildman–Crippen MR) is 132 cm³/mol. The molecule has 0 aliphatic carbocycles. The van der Waals surface area contributed by atoms with Crippen molar-refractivity contribution in [2.75, 3.05) is 40.2 Å². The molecular formula is C28H36FNO4. The minimum absolute atomic E-state index is 0.197. The van der Waals surface area contributed by atoms with Crippen molar-refractivity contribution in [3.8, 4) is 17.2 Å². The summed E-state index contributed by atoms with van der Waals surface area (Å²) in [5, 5.41) is 3.48. The average Bonchev–Trinajstić information content (AvgIpc) is 3.32. The van der Waals surface area contributed by atoms with Gasteiger partial charge in [0.15, 0.2) is 11.5 Å². The highest BCUT2D eigenvalue weighted by Crippen LogP contribution is 2.39. The molecular weight excluding hydrogens is 433 g/mol. The third-order valence-electron chi connectivity index (χ3n) is 6.63. The van der Waals surface area contributed by atoms with Gasteiger partial charge in [-0.1, -0.05) is 37.1 Å². The SMILES string of the molecule is COCCCCCC/C=C/c1cc2c(cc1OC[C@@H]1CNCC[C@H]1c1ccc(F)cc1)OCO2. The standard InChI is InChI=1S/C28H36FNO4/c1-31-15-7-5-3-2-4-6-8-22-16-27-28(34-20-33-27)17-26(22)32-19-23-18-30-14-13-25(23)21-9-11-24(29)12-10-21/h6,8-12,16-17,23,25,30H,2-5,7,13-15,18-20H2,1H3/b8-6+/t23-,25-/m0/s1. The summed E-state index contributed by atoms with van der Waals surface area (Å²) in [5.41, 5.74) is 2.18. The number of piperidine rings is 1. The van der Waals surface area contributed by atoms with Crippen molar-refractivity contribution in [1.29, 1.82) is 0 Å². The molecule has 2 aromatic rings. The first-order valence-corrected chi connectivity index (χ1v) is 12.4. The van der Waals surface area contributed by atoms with Crippen molar-refractivity contribution in [2.24, 2.45) is 5.92 Å². The van der Waals surface area contributed by atoms with Crippen LogP contribution in [0.15, 0.2) is 42.5 Å². The molecule has 2 aliphatic rings. The lowest BCUT2D eigenvalue weighted by Crippen LogP contribution is -2.38. The molecule has 0 saturated carbocycles. The van der Waals surface area contributed by atoms with Crippen LogP contribution in [0.2, 0.25) is 0 Å². The van der Waals surface area contributed by atoms with Crippen molar-refractivity contribution >= 4 is 6.08 Å². The molecule has 0 spiro atoms. The number of fused-ring (bicyclic) bond motifs is 1. The van der Waals surface area contributed by atoms with Crippen LogP contribution >= 0.6 is 0 Å². The van der Waals surface area contributed by atoms with Crippen LogP contribution in [0.4, 0.5) is 4.39 Å². The molecule has 1 N–H and O–H groups in total. The quantitative estimate of drug-likeness (QED) is 0.390. The maximum absolute atomic E-state index is 13.4. The molecule has 2 aliphatic heterocycles. The Morgan fingerprint density at radius 2 is 1.85 bits per heavy atom. The highest BCUT2D eigenvalue weighted by molar-refractivity contribution is 5.64. The lowest BCUT2D eigenvalue weighted by Gasteiger charge is -2.32. The molecule has 5 nitrogen and oxygen atoms in total. The summed E-state index contributed by atoms with van der Waals surface area (Å²) < 4.78 is 36.1. The molecule has 0 radical (unpaired) electrons. The van der Waals surface area contributed by atoms with Gasteiger partial charge in [-0.3, -0.25) is 0 Å². The third-order valence-corrected chi connectivity index (χ3v) is 6.63. The van der Waals surface area contributed by atoms with Crippen molar-refractivity contribution < 1.29 is 23.3 Å². The van der Waals surface area contributed by atoms with Crippen LogP contribution in [0, 0.1) is 11.7 Å². The first kappa shape index (κ1) is 24.6. The Hall–Kier alpha value is -2.57. The maximum Gasteiger partial charge on any atom is 0.231 e. The van der Waals surface area contributed by atoms with E-state index in [0.29, 0.717) is 18.4 Å². The number of allylic oxidation sites excluding steroid dienone is 1. The number of unbranched alkanes of at least 4 members (excludes halogenated alkanes) is 4. The van der Waals surface area contributed by atoms with E-state index >= 15 is 0 Å². The smallest absolute Gasteiger partial charge is 0.231 e. The summed E-state index contributed by atoms with van der Waals surface area (Å²) in [5.74, 6) is 2.74. The second kappa shape index (κ2) is 12.8. The van der Waals surface area contributed by atoms with Gasteiger partial charge in [-0.2, -0.15) is 0 Å². The van der Waals surface area contributed by atoms with Crippen LogP contribution in [0.5, 0.6) is 17.2 Å². The number of halogens is 1. The zero-order valence-electron chi connectivity index (χ0n) is 20.1. The molecule has 34 heavy (non-hydrogen) atoms. The van der Waals surface area contributed by atoms with Crippen LogP contribution in [-0.2, 0) is 4.74 Å². The van der Waals surface area contributed by atoms with E-state index in [1.165, 1.54) is 18.4 Å². The van der Waals surface area contributed by atoms with Crippen molar-refractivity contribution in [2.45, 2.75) is 44.4 Å². The third kappa shape index (κ3) is 6.73. The molecule has 0 unspecified atom stereocenters. The van der Waals surface area contributed by atoms with Gasteiger partial charge in [0.05, 0.1) is 6.61 Å². The molecule has 0 aromatic heterocycles. The molecule has 1 saturated heterocycles. The van der Waals surface area contributed by atoms with Gasteiger partial charge in [-0.25, -0.2) is 4.39 Å². The van der Waals surface area contributed by atoms with Gasteiger partial charge in [0, 0.05) is 37.8 Å². The zero-order valence-corrected chi connectivity index (χ0v) is 20.1. The Morgan fingerprint density at radius 1 is 1.06 bits per heavy atom. The summed E-state index contributed by atoms with van der Waals surface area (Å²) in [6.07, 6.45) is 11.1. The second-order valence-electron chi connectivity index (χ2n) is 9.06. The normalized spacial score (nSPS) is 19.6. The van der Waals surface area contributed by atoms with E-state index in [2.05, 4.69) is 17.5 Å². The van der Waals surface area contributed by atoms with E-state index in [1.54, 1.807) is 19.2 Å². The van der Waals surface area contributed by atoms with E-state index in [0.717, 1.165) is 68.2 Å². The van der Waals surface area contributed by atoms with Crippen molar-refractivity contribution in [3.63, 3.8) is 0 Å². The summed E-state index contributed by atoms with van der Waals surface area (Å²) >= 11 is 0. The number of benzene rings is 2. The van der Waals surface area contributed by atoms with E-state index in [4.69, 9.17) is 18.9 Å². The highest BCUT2D eigenvalue weighted by atomic mass is 19.1. The van der Waals surface area contributed by atoms with Crippen LogP contribution in [0.25, 0.3) is 6.08 Å². The number of ether oxygens (including phenoxy) is 4. The van der Waals surface area contributed by atoms with E-state index in [-0.39, 0.29) is 12.6 Å². The number of methoxy groups -OCH3 is 1. The Kier molecular flexibility index (Phi) is 9.22. The summed E-state index contributed by atoms with van der Waals surface area (Å²) in [4.78, 5) is 0. The Bertz CT molecular complexity index is 931. The maximum atomic E-state index is 13.4. The predicted octanol–water partition coefficient (Wildman–Crippen LogP) is 5.94. The van der Waals surface area contributed by atoms with Crippen molar-refractivity contribution in [1.82, 2.24) is 5.32 Å². The fraction of sp³-hybridized carbons (Fsp3) is 0.500. The molecule has 2 atom stereocenters. The second-order valence-corrected chi connectivity index (χ2v) is 9.06. The summed E-state index contributed by atoms with van der Waals surface area (Å²) in [7, 11) is 1.75. The Morgan fingerprint density at radius 3 is 2.68 bits per heavy atom. The van der Waals surface area contributed by atoms with Crippen LogP contribution in [0.3, 0.4) is 0 Å². The first-order valence-electron chi connectivity index (χ1n) is 12.4. The minimum atomic E-state index is -0.197. The van der Waals surface area contributed by atoms with Gasteiger partial charge >= 0.3 is 0 Å². The molecule has 2 heterocycles. The van der Waals surface area contributed by atoms with E-state index in [9.17, 15) is 4.39 Å². The Labute approximate surface area is 202 Å². The van der Waals surface area contributed by atoms with Gasteiger partial charge in [0.25, 0.3) is 0 Å².